The van der Waals surface area contributed by atoms with Gasteiger partial charge in [-0.05, 0) is 12.5 Å². The number of amides is 1. The van der Waals surface area contributed by atoms with E-state index in [2.05, 4.69) is 24.1 Å². The molecule has 1 heterocycles. The van der Waals surface area contributed by atoms with Gasteiger partial charge in [-0.1, -0.05) is 27.7 Å². The molecule has 1 aliphatic heterocycles. The minimum atomic E-state index is 0.0509. The summed E-state index contributed by atoms with van der Waals surface area (Å²) < 4.78 is 5.80. The maximum atomic E-state index is 11.9. The quantitative estimate of drug-likeness (QED) is 0.681. The van der Waals surface area contributed by atoms with E-state index in [0.29, 0.717) is 12.5 Å². The zero-order valence-corrected chi connectivity index (χ0v) is 14.4. The molecule has 5 heteroatoms. The monoisotopic (exact) mass is 299 g/mol. The summed E-state index contributed by atoms with van der Waals surface area (Å²) in [6.07, 6.45) is 0.136. The summed E-state index contributed by atoms with van der Waals surface area (Å²) in [4.78, 5) is 16.1. The van der Waals surface area contributed by atoms with Gasteiger partial charge in [0.05, 0.1) is 12.7 Å². The first-order chi connectivity index (χ1) is 9.90. The number of nitrogens with zero attached hydrogens (tertiary/aromatic N) is 2. The van der Waals surface area contributed by atoms with Crippen molar-refractivity contribution in [2.24, 2.45) is 11.8 Å². The maximum Gasteiger partial charge on any atom is 0.224 e. The zero-order valence-electron chi connectivity index (χ0n) is 14.4. The van der Waals surface area contributed by atoms with Crippen LogP contribution in [0, 0.1) is 11.8 Å². The molecule has 1 N–H and O–H groups in total. The van der Waals surface area contributed by atoms with Gasteiger partial charge in [-0.15, -0.1) is 0 Å². The van der Waals surface area contributed by atoms with Gasteiger partial charge in [0.25, 0.3) is 0 Å². The highest BCUT2D eigenvalue weighted by Gasteiger charge is 2.23. The van der Waals surface area contributed by atoms with E-state index in [4.69, 9.17) is 4.74 Å². The van der Waals surface area contributed by atoms with E-state index < -0.39 is 0 Å². The summed E-state index contributed by atoms with van der Waals surface area (Å²) in [5, 5.41) is 3.47. The van der Waals surface area contributed by atoms with Gasteiger partial charge >= 0.3 is 0 Å². The van der Waals surface area contributed by atoms with Gasteiger partial charge in [-0.2, -0.15) is 0 Å². The smallest absolute Gasteiger partial charge is 0.224 e. The van der Waals surface area contributed by atoms with E-state index in [1.165, 1.54) is 0 Å². The number of hydrogen-bond donors (Lipinski definition) is 1. The van der Waals surface area contributed by atoms with E-state index in [0.717, 1.165) is 39.3 Å². The molecule has 0 aromatic heterocycles. The third-order valence-electron chi connectivity index (χ3n) is 3.73. The van der Waals surface area contributed by atoms with Gasteiger partial charge in [0.2, 0.25) is 5.91 Å². The summed E-state index contributed by atoms with van der Waals surface area (Å²) in [5.41, 5.74) is 0. The summed E-state index contributed by atoms with van der Waals surface area (Å²) in [7, 11) is 1.87. The van der Waals surface area contributed by atoms with Gasteiger partial charge in [-0.3, -0.25) is 9.69 Å². The van der Waals surface area contributed by atoms with Crippen LogP contribution in [0.3, 0.4) is 0 Å². The van der Waals surface area contributed by atoms with Crippen LogP contribution in [0.1, 0.15) is 27.7 Å². The molecule has 1 fully saturated rings. The predicted octanol–water partition coefficient (Wildman–Crippen LogP) is 1.05. The Hall–Kier alpha value is -0.650. The fourth-order valence-corrected chi connectivity index (χ4v) is 2.56. The SMILES string of the molecule is CC(C)CNCCN1CCO[C@H](CN(C)C(=O)C(C)C)C1. The molecular formula is C16H33N3O2. The van der Waals surface area contributed by atoms with Crippen molar-refractivity contribution in [3.8, 4) is 0 Å². The van der Waals surface area contributed by atoms with E-state index in [9.17, 15) is 4.79 Å². The Kier molecular flexibility index (Phi) is 8.22. The fourth-order valence-electron chi connectivity index (χ4n) is 2.56. The van der Waals surface area contributed by atoms with E-state index in [-0.39, 0.29) is 17.9 Å². The standard InChI is InChI=1S/C16H33N3O2/c1-13(2)10-17-6-7-19-8-9-21-15(12-19)11-18(5)16(20)14(3)4/h13-15,17H,6-12H2,1-5H3/t15-/m1/s1. The third kappa shape index (κ3) is 7.25. The van der Waals surface area contributed by atoms with Crippen molar-refractivity contribution in [1.82, 2.24) is 15.1 Å². The largest absolute Gasteiger partial charge is 0.374 e. The van der Waals surface area contributed by atoms with Crippen LogP contribution in [0.5, 0.6) is 0 Å². The normalized spacial score (nSPS) is 20.2. The summed E-state index contributed by atoms with van der Waals surface area (Å²) >= 11 is 0. The van der Waals surface area contributed by atoms with Crippen LogP contribution in [0.15, 0.2) is 0 Å². The van der Waals surface area contributed by atoms with Crippen LogP contribution in [0.25, 0.3) is 0 Å². The number of likely N-dealkylation sites (N-methyl/N-ethyl adjacent to an activating group) is 1. The number of morpholine rings is 1. The first-order valence-electron chi connectivity index (χ1n) is 8.19. The number of ether oxygens (including phenoxy) is 1. The Morgan fingerprint density at radius 3 is 2.71 bits per heavy atom. The van der Waals surface area contributed by atoms with Crippen molar-refractivity contribution in [1.29, 1.82) is 0 Å². The van der Waals surface area contributed by atoms with Crippen LogP contribution < -0.4 is 5.32 Å². The van der Waals surface area contributed by atoms with E-state index in [1.807, 2.05) is 20.9 Å². The number of rotatable bonds is 8. The molecule has 1 atom stereocenters. The van der Waals surface area contributed by atoms with Crippen LogP contribution in [0.2, 0.25) is 0 Å². The fraction of sp³-hybridized carbons (Fsp3) is 0.938. The van der Waals surface area contributed by atoms with Crippen molar-refractivity contribution >= 4 is 5.91 Å². The Balaban J connectivity index is 2.27. The van der Waals surface area contributed by atoms with E-state index in [1.54, 1.807) is 4.90 Å². The van der Waals surface area contributed by atoms with Gasteiger partial charge in [-0.25, -0.2) is 0 Å². The predicted molar refractivity (Wildman–Crippen MR) is 86.4 cm³/mol. The molecule has 124 valence electrons. The molecule has 5 nitrogen and oxygen atoms in total. The van der Waals surface area contributed by atoms with Gasteiger partial charge in [0.15, 0.2) is 0 Å². The number of carbonyl (C=O) groups is 1. The topological polar surface area (TPSA) is 44.8 Å². The lowest BCUT2D eigenvalue weighted by molar-refractivity contribution is -0.136. The highest BCUT2D eigenvalue weighted by molar-refractivity contribution is 5.77. The molecule has 0 radical (unpaired) electrons. The molecule has 1 rings (SSSR count). The molecule has 0 spiro atoms. The molecule has 0 saturated carbocycles. The lowest BCUT2D eigenvalue weighted by Crippen LogP contribution is -2.49. The molecule has 0 aromatic rings. The second kappa shape index (κ2) is 9.38. The van der Waals surface area contributed by atoms with Crippen LogP contribution in [0.4, 0.5) is 0 Å². The molecular weight excluding hydrogens is 266 g/mol. The number of nitrogens with one attached hydrogen (secondary N) is 1. The first-order valence-corrected chi connectivity index (χ1v) is 8.19. The van der Waals surface area contributed by atoms with Crippen molar-refractivity contribution in [3.05, 3.63) is 0 Å². The average Bonchev–Trinajstić information content (AvgIpc) is 2.42. The van der Waals surface area contributed by atoms with Crippen molar-refractivity contribution < 1.29 is 9.53 Å². The van der Waals surface area contributed by atoms with Crippen molar-refractivity contribution in [2.45, 2.75) is 33.8 Å². The number of hydrogen-bond acceptors (Lipinski definition) is 4. The van der Waals surface area contributed by atoms with Gasteiger partial charge in [0.1, 0.15) is 0 Å². The minimum absolute atomic E-state index is 0.0509. The van der Waals surface area contributed by atoms with Gasteiger partial charge < -0.3 is 15.0 Å². The van der Waals surface area contributed by atoms with Crippen molar-refractivity contribution in [3.63, 3.8) is 0 Å². The number of carbonyl (C=O) groups excluding carboxylic acids is 1. The van der Waals surface area contributed by atoms with E-state index >= 15 is 0 Å². The molecule has 0 unspecified atom stereocenters. The highest BCUT2D eigenvalue weighted by atomic mass is 16.5. The lowest BCUT2D eigenvalue weighted by Gasteiger charge is -2.35. The van der Waals surface area contributed by atoms with Crippen LogP contribution in [-0.4, -0.2) is 74.7 Å². The molecule has 0 bridgehead atoms. The summed E-state index contributed by atoms with van der Waals surface area (Å²) in [6.45, 7) is 14.8. The molecule has 1 amide bonds. The Morgan fingerprint density at radius 2 is 2.10 bits per heavy atom. The third-order valence-corrected chi connectivity index (χ3v) is 3.73. The molecule has 1 saturated heterocycles. The average molecular weight is 299 g/mol. The molecule has 21 heavy (non-hydrogen) atoms. The highest BCUT2D eigenvalue weighted by Crippen LogP contribution is 2.08. The summed E-state index contributed by atoms with van der Waals surface area (Å²) in [6, 6.07) is 0. The molecule has 1 aliphatic rings. The lowest BCUT2D eigenvalue weighted by atomic mass is 10.2. The van der Waals surface area contributed by atoms with Crippen LogP contribution in [-0.2, 0) is 9.53 Å². The van der Waals surface area contributed by atoms with Crippen molar-refractivity contribution in [2.75, 3.05) is 52.9 Å². The zero-order chi connectivity index (χ0) is 15.8. The second-order valence-corrected chi connectivity index (χ2v) is 6.76. The molecule has 0 aliphatic carbocycles. The second-order valence-electron chi connectivity index (χ2n) is 6.76. The Morgan fingerprint density at radius 1 is 1.38 bits per heavy atom. The first kappa shape index (κ1) is 18.4. The van der Waals surface area contributed by atoms with Gasteiger partial charge in [0, 0.05) is 45.7 Å². The van der Waals surface area contributed by atoms with Crippen LogP contribution >= 0.6 is 0 Å². The molecule has 0 aromatic carbocycles. The summed E-state index contributed by atoms with van der Waals surface area (Å²) in [5.74, 6) is 0.933. The minimum Gasteiger partial charge on any atom is -0.374 e. The Bertz CT molecular complexity index is 308. The maximum absolute atomic E-state index is 11.9. The Labute approximate surface area is 130 Å².